The van der Waals surface area contributed by atoms with E-state index in [9.17, 15) is 20.0 Å². The maximum absolute atomic E-state index is 11.7. The van der Waals surface area contributed by atoms with Crippen LogP contribution in [0.3, 0.4) is 0 Å². The first-order valence-corrected chi connectivity index (χ1v) is 7.73. The molecule has 1 saturated heterocycles. The second-order valence-corrected chi connectivity index (χ2v) is 6.47. The van der Waals surface area contributed by atoms with Gasteiger partial charge in [-0.1, -0.05) is 6.42 Å². The molecule has 23 heavy (non-hydrogen) atoms. The number of likely N-dealkylation sites (tertiary alicyclic amines) is 1. The van der Waals surface area contributed by atoms with Gasteiger partial charge >= 0.3 is 5.97 Å². The van der Waals surface area contributed by atoms with Crippen LogP contribution in [0.4, 0.5) is 5.69 Å². The minimum Gasteiger partial charge on any atom is -0.496 e. The van der Waals surface area contributed by atoms with E-state index in [0.717, 1.165) is 31.4 Å². The lowest BCUT2D eigenvalue weighted by atomic mass is 9.81. The van der Waals surface area contributed by atoms with Crippen molar-refractivity contribution in [1.29, 1.82) is 0 Å². The molecule has 2 aliphatic rings. The summed E-state index contributed by atoms with van der Waals surface area (Å²) >= 11 is 0. The standard InChI is InChI=1S/C16H20N2O5/c1-23-14-5-4-13(18(21)22)7-11(14)8-17-9-12-3-2-6-16(12,10-17)15(19)20/h4-5,7,12H,2-3,6,8-10H2,1H3,(H,19,20)/t12-,16+/m0/s1. The quantitative estimate of drug-likeness (QED) is 0.661. The maximum atomic E-state index is 11.7. The fourth-order valence-corrected chi connectivity index (χ4v) is 4.11. The SMILES string of the molecule is COc1ccc([N+](=O)[O-])cc1CN1C[C@@H]2CCC[C@@]2(C(=O)O)C1. The molecule has 1 aliphatic carbocycles. The summed E-state index contributed by atoms with van der Waals surface area (Å²) in [7, 11) is 1.53. The second-order valence-electron chi connectivity index (χ2n) is 6.47. The first-order chi connectivity index (χ1) is 11.0. The zero-order valence-corrected chi connectivity index (χ0v) is 13.0. The topological polar surface area (TPSA) is 92.9 Å². The van der Waals surface area contributed by atoms with E-state index in [0.29, 0.717) is 18.8 Å². The van der Waals surface area contributed by atoms with Crippen molar-refractivity contribution in [1.82, 2.24) is 4.90 Å². The number of aliphatic carboxylic acids is 1. The second kappa shape index (κ2) is 5.81. The normalized spacial score (nSPS) is 26.9. The number of rotatable bonds is 5. The van der Waals surface area contributed by atoms with Crippen LogP contribution < -0.4 is 4.74 Å². The Morgan fingerprint density at radius 2 is 2.35 bits per heavy atom. The summed E-state index contributed by atoms with van der Waals surface area (Å²) in [4.78, 5) is 24.3. The third kappa shape index (κ3) is 2.65. The number of carbonyl (C=O) groups is 1. The van der Waals surface area contributed by atoms with Gasteiger partial charge in [0.25, 0.3) is 5.69 Å². The molecule has 124 valence electrons. The Labute approximate surface area is 134 Å². The van der Waals surface area contributed by atoms with Crippen LogP contribution in [-0.4, -0.2) is 41.1 Å². The van der Waals surface area contributed by atoms with Gasteiger partial charge in [0.1, 0.15) is 5.75 Å². The zero-order valence-electron chi connectivity index (χ0n) is 13.0. The summed E-state index contributed by atoms with van der Waals surface area (Å²) in [6, 6.07) is 4.53. The van der Waals surface area contributed by atoms with Crippen molar-refractivity contribution in [2.45, 2.75) is 25.8 Å². The molecule has 7 heteroatoms. The van der Waals surface area contributed by atoms with Gasteiger partial charge in [-0.25, -0.2) is 0 Å². The predicted octanol–water partition coefficient (Wildman–Crippen LogP) is 2.29. The number of hydrogen-bond donors (Lipinski definition) is 1. The molecule has 0 aromatic heterocycles. The van der Waals surface area contributed by atoms with Crippen LogP contribution in [0.15, 0.2) is 18.2 Å². The number of carboxylic acids is 1. The van der Waals surface area contributed by atoms with Crippen molar-refractivity contribution in [2.75, 3.05) is 20.2 Å². The first-order valence-electron chi connectivity index (χ1n) is 7.73. The number of methoxy groups -OCH3 is 1. The van der Waals surface area contributed by atoms with Crippen molar-refractivity contribution < 1.29 is 19.6 Å². The third-order valence-electron chi connectivity index (χ3n) is 5.24. The minimum atomic E-state index is -0.714. The fraction of sp³-hybridized carbons (Fsp3) is 0.562. The summed E-state index contributed by atoms with van der Waals surface area (Å²) in [6.07, 6.45) is 2.62. The number of ether oxygens (including phenoxy) is 1. The first kappa shape index (κ1) is 15.7. The van der Waals surface area contributed by atoms with Gasteiger partial charge in [-0.15, -0.1) is 0 Å². The summed E-state index contributed by atoms with van der Waals surface area (Å²) in [5, 5.41) is 20.6. The van der Waals surface area contributed by atoms with Crippen molar-refractivity contribution in [3.63, 3.8) is 0 Å². The lowest BCUT2D eigenvalue weighted by Gasteiger charge is -2.23. The molecule has 1 aliphatic heterocycles. The van der Waals surface area contributed by atoms with Crippen LogP contribution in [0.25, 0.3) is 0 Å². The van der Waals surface area contributed by atoms with Gasteiger partial charge < -0.3 is 9.84 Å². The third-order valence-corrected chi connectivity index (χ3v) is 5.24. The number of nitrogens with zero attached hydrogens (tertiary/aromatic N) is 2. The molecule has 2 atom stereocenters. The van der Waals surface area contributed by atoms with Crippen molar-refractivity contribution in [2.24, 2.45) is 11.3 Å². The Kier molecular flexibility index (Phi) is 3.97. The van der Waals surface area contributed by atoms with Gasteiger partial charge in [0.2, 0.25) is 0 Å². The van der Waals surface area contributed by atoms with E-state index in [1.807, 2.05) is 0 Å². The Morgan fingerprint density at radius 3 is 2.96 bits per heavy atom. The lowest BCUT2D eigenvalue weighted by molar-refractivity contribution is -0.385. The van der Waals surface area contributed by atoms with Crippen molar-refractivity contribution >= 4 is 11.7 Å². The van der Waals surface area contributed by atoms with Crippen molar-refractivity contribution in [3.8, 4) is 5.75 Å². The van der Waals surface area contributed by atoms with E-state index in [-0.39, 0.29) is 11.6 Å². The van der Waals surface area contributed by atoms with Crippen LogP contribution in [0.2, 0.25) is 0 Å². The summed E-state index contributed by atoms with van der Waals surface area (Å²) in [6.45, 7) is 1.69. The monoisotopic (exact) mass is 320 g/mol. The molecule has 0 bridgehead atoms. The van der Waals surface area contributed by atoms with E-state index < -0.39 is 16.3 Å². The molecular formula is C16H20N2O5. The molecule has 1 saturated carbocycles. The summed E-state index contributed by atoms with van der Waals surface area (Å²) in [5.74, 6) is 0.0511. The molecule has 3 rings (SSSR count). The van der Waals surface area contributed by atoms with Crippen LogP contribution in [0, 0.1) is 21.4 Å². The smallest absolute Gasteiger partial charge is 0.311 e. The van der Waals surface area contributed by atoms with E-state index in [1.54, 1.807) is 6.07 Å². The Bertz CT molecular complexity index is 647. The fourth-order valence-electron chi connectivity index (χ4n) is 4.11. The van der Waals surface area contributed by atoms with Crippen LogP contribution in [0.1, 0.15) is 24.8 Å². The largest absolute Gasteiger partial charge is 0.496 e. The van der Waals surface area contributed by atoms with Crippen LogP contribution in [0.5, 0.6) is 5.75 Å². The Balaban J connectivity index is 1.82. The lowest BCUT2D eigenvalue weighted by Crippen LogP contribution is -2.35. The van der Waals surface area contributed by atoms with Gasteiger partial charge in [0, 0.05) is 37.3 Å². The molecular weight excluding hydrogens is 300 g/mol. The summed E-state index contributed by atoms with van der Waals surface area (Å²) < 4.78 is 5.29. The average Bonchev–Trinajstić information content (AvgIpc) is 3.04. The molecule has 2 fully saturated rings. The van der Waals surface area contributed by atoms with Gasteiger partial charge in [-0.2, -0.15) is 0 Å². The van der Waals surface area contributed by atoms with E-state index in [2.05, 4.69) is 4.90 Å². The van der Waals surface area contributed by atoms with Gasteiger partial charge in [0.05, 0.1) is 17.4 Å². The highest BCUT2D eigenvalue weighted by molar-refractivity contribution is 5.76. The molecule has 0 amide bonds. The van der Waals surface area contributed by atoms with E-state index in [4.69, 9.17) is 4.74 Å². The molecule has 0 spiro atoms. The molecule has 1 aromatic carbocycles. The highest BCUT2D eigenvalue weighted by Gasteiger charge is 2.54. The zero-order chi connectivity index (χ0) is 16.6. The van der Waals surface area contributed by atoms with Crippen LogP contribution >= 0.6 is 0 Å². The Hall–Kier alpha value is -2.15. The number of non-ortho nitro benzene ring substituents is 1. The number of nitro benzene ring substituents is 1. The van der Waals surface area contributed by atoms with Gasteiger partial charge in [-0.3, -0.25) is 19.8 Å². The number of carboxylic acid groups (broad SMARTS) is 1. The highest BCUT2D eigenvalue weighted by Crippen LogP contribution is 2.49. The molecule has 1 N–H and O–H groups in total. The average molecular weight is 320 g/mol. The molecule has 1 heterocycles. The van der Waals surface area contributed by atoms with Crippen LogP contribution in [-0.2, 0) is 11.3 Å². The highest BCUT2D eigenvalue weighted by atomic mass is 16.6. The minimum absolute atomic E-state index is 0.0214. The predicted molar refractivity (Wildman–Crippen MR) is 82.3 cm³/mol. The maximum Gasteiger partial charge on any atom is 0.311 e. The van der Waals surface area contributed by atoms with E-state index in [1.165, 1.54) is 19.2 Å². The molecule has 0 unspecified atom stereocenters. The molecule has 1 aromatic rings. The molecule has 0 radical (unpaired) electrons. The number of fused-ring (bicyclic) bond motifs is 1. The van der Waals surface area contributed by atoms with Gasteiger partial charge in [0.15, 0.2) is 0 Å². The molecule has 7 nitrogen and oxygen atoms in total. The number of hydrogen-bond acceptors (Lipinski definition) is 5. The summed E-state index contributed by atoms with van der Waals surface area (Å²) in [5.41, 5.74) is 0.101. The number of benzene rings is 1. The van der Waals surface area contributed by atoms with Gasteiger partial charge in [-0.05, 0) is 24.8 Å². The van der Waals surface area contributed by atoms with E-state index >= 15 is 0 Å². The Morgan fingerprint density at radius 1 is 1.57 bits per heavy atom. The number of nitro groups is 1. The van der Waals surface area contributed by atoms with Crippen molar-refractivity contribution in [3.05, 3.63) is 33.9 Å².